The number of aliphatic carboxylic acids is 1. The molecule has 0 saturated carbocycles. The van der Waals surface area contributed by atoms with Gasteiger partial charge in [0.05, 0.1) is 20.3 Å². The Kier molecular flexibility index (Phi) is 6.83. The maximum atomic E-state index is 10.9. The first-order valence-electron chi connectivity index (χ1n) is 5.82. The Bertz CT molecular complexity index is 425. The quantitative estimate of drug-likeness (QED) is 0.789. The maximum absolute atomic E-state index is 10.9. The van der Waals surface area contributed by atoms with Gasteiger partial charge in [0.15, 0.2) is 0 Å². The van der Waals surface area contributed by atoms with Crippen molar-refractivity contribution in [2.24, 2.45) is 0 Å². The molecular weight excluding hydrogens is 314 g/mol. The minimum Gasteiger partial charge on any atom is -0.496 e. The minimum absolute atomic E-state index is 0.0287. The highest BCUT2D eigenvalue weighted by molar-refractivity contribution is 9.10. The first-order valence-corrected chi connectivity index (χ1v) is 6.61. The van der Waals surface area contributed by atoms with E-state index in [1.54, 1.807) is 19.1 Å². The van der Waals surface area contributed by atoms with Gasteiger partial charge in [0.1, 0.15) is 5.75 Å². The zero-order valence-electron chi connectivity index (χ0n) is 11.1. The van der Waals surface area contributed by atoms with Crippen molar-refractivity contribution in [3.8, 4) is 5.75 Å². The van der Waals surface area contributed by atoms with Gasteiger partial charge >= 0.3 is 5.97 Å². The maximum Gasteiger partial charge on any atom is 0.317 e. The van der Waals surface area contributed by atoms with Gasteiger partial charge in [-0.15, -0.1) is 0 Å². The van der Waals surface area contributed by atoms with Crippen molar-refractivity contribution in [1.82, 2.24) is 4.90 Å². The van der Waals surface area contributed by atoms with Gasteiger partial charge in [-0.05, 0) is 18.2 Å². The van der Waals surface area contributed by atoms with Gasteiger partial charge in [-0.1, -0.05) is 15.9 Å². The molecule has 0 bridgehead atoms. The number of benzene rings is 1. The molecule has 6 heteroatoms. The van der Waals surface area contributed by atoms with Crippen LogP contribution in [-0.2, 0) is 16.1 Å². The molecule has 0 spiro atoms. The highest BCUT2D eigenvalue weighted by atomic mass is 79.9. The summed E-state index contributed by atoms with van der Waals surface area (Å²) in [6.07, 6.45) is 0. The summed E-state index contributed by atoms with van der Waals surface area (Å²) in [5.74, 6) is -0.110. The summed E-state index contributed by atoms with van der Waals surface area (Å²) >= 11 is 3.40. The fraction of sp³-hybridized carbons (Fsp3) is 0.462. The summed E-state index contributed by atoms with van der Waals surface area (Å²) in [6, 6.07) is 5.67. The Morgan fingerprint density at radius 2 is 2.16 bits per heavy atom. The smallest absolute Gasteiger partial charge is 0.317 e. The lowest BCUT2D eigenvalue weighted by atomic mass is 10.2. The normalized spacial score (nSPS) is 10.7. The number of rotatable bonds is 8. The van der Waals surface area contributed by atoms with E-state index in [4.69, 9.17) is 14.6 Å². The fourth-order valence-corrected chi connectivity index (χ4v) is 2.15. The molecule has 0 heterocycles. The summed E-state index contributed by atoms with van der Waals surface area (Å²) in [4.78, 5) is 12.7. The minimum atomic E-state index is -0.856. The molecule has 0 unspecified atom stereocenters. The van der Waals surface area contributed by atoms with E-state index in [-0.39, 0.29) is 6.54 Å². The summed E-state index contributed by atoms with van der Waals surface area (Å²) < 4.78 is 11.2. The van der Waals surface area contributed by atoms with Crippen LogP contribution in [0, 0.1) is 0 Å². The first-order chi connectivity index (χ1) is 9.06. The zero-order valence-corrected chi connectivity index (χ0v) is 12.6. The third-order valence-corrected chi connectivity index (χ3v) is 3.10. The summed E-state index contributed by atoms with van der Waals surface area (Å²) in [5.41, 5.74) is 0.939. The van der Waals surface area contributed by atoms with Gasteiger partial charge in [-0.25, -0.2) is 0 Å². The van der Waals surface area contributed by atoms with E-state index < -0.39 is 5.97 Å². The summed E-state index contributed by atoms with van der Waals surface area (Å²) in [6.45, 7) is 1.51. The van der Waals surface area contributed by atoms with Crippen molar-refractivity contribution in [3.05, 3.63) is 28.2 Å². The van der Waals surface area contributed by atoms with Crippen LogP contribution in [0.1, 0.15) is 5.56 Å². The largest absolute Gasteiger partial charge is 0.496 e. The standard InChI is InChI=1S/C13H18BrNO4/c1-18-6-5-15(9-13(16)17)8-10-7-11(14)3-4-12(10)19-2/h3-4,7H,5-6,8-9H2,1-2H3,(H,16,17). The Morgan fingerprint density at radius 3 is 2.74 bits per heavy atom. The van der Waals surface area contributed by atoms with Crippen molar-refractivity contribution in [2.75, 3.05) is 33.9 Å². The van der Waals surface area contributed by atoms with E-state index in [0.717, 1.165) is 15.8 Å². The molecule has 0 aliphatic carbocycles. The Balaban J connectivity index is 2.81. The molecule has 0 aliphatic rings. The van der Waals surface area contributed by atoms with Gasteiger partial charge in [-0.3, -0.25) is 9.69 Å². The average Bonchev–Trinajstić information content (AvgIpc) is 2.35. The number of methoxy groups -OCH3 is 2. The van der Waals surface area contributed by atoms with E-state index in [9.17, 15) is 4.79 Å². The molecule has 1 aromatic rings. The second kappa shape index (κ2) is 8.14. The zero-order chi connectivity index (χ0) is 14.3. The van der Waals surface area contributed by atoms with Gasteiger partial charge in [0.25, 0.3) is 0 Å². The topological polar surface area (TPSA) is 59.0 Å². The summed E-state index contributed by atoms with van der Waals surface area (Å²) in [5, 5.41) is 8.92. The number of ether oxygens (including phenoxy) is 2. The molecule has 0 aromatic heterocycles. The predicted octanol–water partition coefficient (Wildman–Crippen LogP) is 1.99. The van der Waals surface area contributed by atoms with Crippen molar-refractivity contribution in [2.45, 2.75) is 6.54 Å². The van der Waals surface area contributed by atoms with Gasteiger partial charge in [-0.2, -0.15) is 0 Å². The number of carboxylic acid groups (broad SMARTS) is 1. The van der Waals surface area contributed by atoms with Crippen LogP contribution in [0.5, 0.6) is 5.75 Å². The number of carboxylic acids is 1. The van der Waals surface area contributed by atoms with Gasteiger partial charge < -0.3 is 14.6 Å². The van der Waals surface area contributed by atoms with Crippen LogP contribution < -0.4 is 4.74 Å². The molecule has 19 heavy (non-hydrogen) atoms. The van der Waals surface area contributed by atoms with E-state index in [1.807, 2.05) is 18.2 Å². The number of hydrogen-bond donors (Lipinski definition) is 1. The van der Waals surface area contributed by atoms with Gasteiger partial charge in [0, 0.05) is 30.2 Å². The Morgan fingerprint density at radius 1 is 1.42 bits per heavy atom. The molecule has 1 aromatic carbocycles. The van der Waals surface area contributed by atoms with Crippen LogP contribution in [0.15, 0.2) is 22.7 Å². The number of hydrogen-bond acceptors (Lipinski definition) is 4. The van der Waals surface area contributed by atoms with E-state index in [0.29, 0.717) is 19.7 Å². The lowest BCUT2D eigenvalue weighted by Gasteiger charge is -2.21. The molecule has 0 atom stereocenters. The molecule has 5 nitrogen and oxygen atoms in total. The van der Waals surface area contributed by atoms with Crippen molar-refractivity contribution < 1.29 is 19.4 Å². The van der Waals surface area contributed by atoms with Crippen LogP contribution in [0.2, 0.25) is 0 Å². The van der Waals surface area contributed by atoms with E-state index >= 15 is 0 Å². The lowest BCUT2D eigenvalue weighted by molar-refractivity contribution is -0.138. The molecule has 0 saturated heterocycles. The Hall–Kier alpha value is -1.11. The van der Waals surface area contributed by atoms with Crippen molar-refractivity contribution >= 4 is 21.9 Å². The van der Waals surface area contributed by atoms with E-state index in [2.05, 4.69) is 15.9 Å². The fourth-order valence-electron chi connectivity index (χ4n) is 1.74. The molecular formula is C13H18BrNO4. The monoisotopic (exact) mass is 331 g/mol. The van der Waals surface area contributed by atoms with Crippen LogP contribution in [0.3, 0.4) is 0 Å². The number of carbonyl (C=O) groups is 1. The second-order valence-electron chi connectivity index (χ2n) is 4.05. The van der Waals surface area contributed by atoms with Crippen molar-refractivity contribution in [1.29, 1.82) is 0 Å². The molecule has 0 aliphatic heterocycles. The lowest BCUT2D eigenvalue weighted by Crippen LogP contribution is -2.32. The molecule has 1 rings (SSSR count). The van der Waals surface area contributed by atoms with Crippen LogP contribution in [0.25, 0.3) is 0 Å². The SMILES string of the molecule is COCCN(CC(=O)O)Cc1cc(Br)ccc1OC. The number of halogens is 1. The third-order valence-electron chi connectivity index (χ3n) is 2.61. The molecule has 0 radical (unpaired) electrons. The average molecular weight is 332 g/mol. The number of nitrogens with zero attached hydrogens (tertiary/aromatic N) is 1. The molecule has 1 N–H and O–H groups in total. The molecule has 0 amide bonds. The van der Waals surface area contributed by atoms with Crippen molar-refractivity contribution in [3.63, 3.8) is 0 Å². The highest BCUT2D eigenvalue weighted by Gasteiger charge is 2.13. The van der Waals surface area contributed by atoms with Crippen LogP contribution >= 0.6 is 15.9 Å². The third kappa shape index (κ3) is 5.59. The summed E-state index contributed by atoms with van der Waals surface area (Å²) in [7, 11) is 3.20. The second-order valence-corrected chi connectivity index (χ2v) is 4.97. The van der Waals surface area contributed by atoms with E-state index in [1.165, 1.54) is 0 Å². The first kappa shape index (κ1) is 15.9. The van der Waals surface area contributed by atoms with Gasteiger partial charge in [0.2, 0.25) is 0 Å². The highest BCUT2D eigenvalue weighted by Crippen LogP contribution is 2.24. The van der Waals surface area contributed by atoms with Crippen LogP contribution in [-0.4, -0.2) is 49.9 Å². The predicted molar refractivity (Wildman–Crippen MR) is 75.5 cm³/mol. The Labute approximate surface area is 121 Å². The molecule has 0 fully saturated rings. The molecule has 106 valence electrons. The van der Waals surface area contributed by atoms with Crippen LogP contribution in [0.4, 0.5) is 0 Å².